The van der Waals surface area contributed by atoms with Crippen molar-refractivity contribution in [1.29, 1.82) is 0 Å². The highest BCUT2D eigenvalue weighted by atomic mass is 35.5. The van der Waals surface area contributed by atoms with Crippen molar-refractivity contribution >= 4 is 18.3 Å². The standard InChI is InChI=1S/C10H14F2N2O2.ClH/c1-6-3-8(7(2)16-6)9(15)14-5-10(11,12)4-13;/h3H,4-5,13H2,1-2H3,(H,14,15);1H. The fourth-order valence-electron chi connectivity index (χ4n) is 1.23. The molecule has 0 unspecified atom stereocenters. The normalized spacial score (nSPS) is 10.9. The van der Waals surface area contributed by atoms with E-state index in [4.69, 9.17) is 10.2 Å². The Hall–Kier alpha value is -1.14. The molecule has 0 aliphatic heterocycles. The highest BCUT2D eigenvalue weighted by Gasteiger charge is 2.27. The quantitative estimate of drug-likeness (QED) is 0.872. The van der Waals surface area contributed by atoms with Crippen LogP contribution in [-0.2, 0) is 0 Å². The molecule has 1 aromatic heterocycles. The molecule has 17 heavy (non-hydrogen) atoms. The fourth-order valence-corrected chi connectivity index (χ4v) is 1.23. The Morgan fingerprint density at radius 3 is 2.53 bits per heavy atom. The van der Waals surface area contributed by atoms with Gasteiger partial charge < -0.3 is 15.5 Å². The zero-order chi connectivity index (χ0) is 12.3. The van der Waals surface area contributed by atoms with Crippen LogP contribution in [0.4, 0.5) is 8.78 Å². The molecule has 3 N–H and O–H groups in total. The first-order valence-electron chi connectivity index (χ1n) is 4.79. The number of halogens is 3. The van der Waals surface area contributed by atoms with Gasteiger partial charge in [-0.15, -0.1) is 12.4 Å². The monoisotopic (exact) mass is 268 g/mol. The van der Waals surface area contributed by atoms with E-state index in [1.807, 2.05) is 0 Å². The number of carbonyl (C=O) groups is 1. The lowest BCUT2D eigenvalue weighted by molar-refractivity contribution is 0.0118. The van der Waals surface area contributed by atoms with Crippen molar-refractivity contribution in [3.63, 3.8) is 0 Å². The number of carbonyl (C=O) groups excluding carboxylic acids is 1. The van der Waals surface area contributed by atoms with Crippen LogP contribution in [0.25, 0.3) is 0 Å². The van der Waals surface area contributed by atoms with Gasteiger partial charge in [0.25, 0.3) is 11.8 Å². The number of amides is 1. The summed E-state index contributed by atoms with van der Waals surface area (Å²) in [5.41, 5.74) is 5.11. The molecule has 0 bridgehead atoms. The minimum Gasteiger partial charge on any atom is -0.466 e. The number of furan rings is 1. The first kappa shape index (κ1) is 15.9. The Morgan fingerprint density at radius 2 is 2.12 bits per heavy atom. The molecule has 98 valence electrons. The van der Waals surface area contributed by atoms with Gasteiger partial charge in [-0.05, 0) is 19.9 Å². The van der Waals surface area contributed by atoms with Crippen molar-refractivity contribution in [3.05, 3.63) is 23.2 Å². The third-order valence-electron chi connectivity index (χ3n) is 2.09. The molecular weight excluding hydrogens is 254 g/mol. The van der Waals surface area contributed by atoms with Gasteiger partial charge in [0.05, 0.1) is 18.7 Å². The number of aryl methyl sites for hydroxylation is 2. The number of nitrogens with one attached hydrogen (secondary N) is 1. The summed E-state index contributed by atoms with van der Waals surface area (Å²) < 4.78 is 30.7. The lowest BCUT2D eigenvalue weighted by Crippen LogP contribution is -2.41. The van der Waals surface area contributed by atoms with Gasteiger partial charge in [-0.2, -0.15) is 0 Å². The average Bonchev–Trinajstić information content (AvgIpc) is 2.54. The Labute approximate surface area is 104 Å². The van der Waals surface area contributed by atoms with E-state index < -0.39 is 24.9 Å². The molecule has 4 nitrogen and oxygen atoms in total. The third-order valence-corrected chi connectivity index (χ3v) is 2.09. The molecule has 1 amide bonds. The van der Waals surface area contributed by atoms with Gasteiger partial charge >= 0.3 is 0 Å². The molecule has 1 rings (SSSR count). The first-order valence-corrected chi connectivity index (χ1v) is 4.79. The second-order valence-electron chi connectivity index (χ2n) is 3.57. The molecule has 1 heterocycles. The highest BCUT2D eigenvalue weighted by Crippen LogP contribution is 2.14. The maximum Gasteiger partial charge on any atom is 0.277 e. The minimum absolute atomic E-state index is 0. The second kappa shape index (κ2) is 5.97. The van der Waals surface area contributed by atoms with Crippen LogP contribution in [0.5, 0.6) is 0 Å². The number of nitrogens with two attached hydrogens (primary N) is 1. The first-order chi connectivity index (χ1) is 7.35. The summed E-state index contributed by atoms with van der Waals surface area (Å²) in [5, 5.41) is 2.12. The Kier molecular flexibility index (Phi) is 5.57. The number of rotatable bonds is 4. The van der Waals surface area contributed by atoms with E-state index in [2.05, 4.69) is 5.32 Å². The molecule has 0 saturated carbocycles. The van der Waals surface area contributed by atoms with Crippen molar-refractivity contribution in [3.8, 4) is 0 Å². The van der Waals surface area contributed by atoms with E-state index in [0.29, 0.717) is 11.5 Å². The van der Waals surface area contributed by atoms with E-state index in [9.17, 15) is 13.6 Å². The molecule has 0 aliphatic carbocycles. The molecule has 0 atom stereocenters. The summed E-state index contributed by atoms with van der Waals surface area (Å²) in [6, 6.07) is 1.51. The van der Waals surface area contributed by atoms with Gasteiger partial charge in [-0.1, -0.05) is 0 Å². The predicted molar refractivity (Wildman–Crippen MR) is 61.8 cm³/mol. The number of hydrogen-bond acceptors (Lipinski definition) is 3. The summed E-state index contributed by atoms with van der Waals surface area (Å²) in [6.45, 7) is 1.71. The number of alkyl halides is 2. The van der Waals surface area contributed by atoms with Crippen LogP contribution >= 0.6 is 12.4 Å². The van der Waals surface area contributed by atoms with Gasteiger partial charge in [0.2, 0.25) is 0 Å². The van der Waals surface area contributed by atoms with Gasteiger partial charge in [0.1, 0.15) is 11.5 Å². The van der Waals surface area contributed by atoms with Crippen molar-refractivity contribution < 1.29 is 18.0 Å². The molecule has 0 fully saturated rings. The smallest absolute Gasteiger partial charge is 0.277 e. The van der Waals surface area contributed by atoms with Crippen molar-refractivity contribution in [2.24, 2.45) is 5.73 Å². The van der Waals surface area contributed by atoms with E-state index in [1.165, 1.54) is 6.07 Å². The van der Waals surface area contributed by atoms with Gasteiger partial charge in [0, 0.05) is 0 Å². The van der Waals surface area contributed by atoms with E-state index in [0.717, 1.165) is 0 Å². The summed E-state index contributed by atoms with van der Waals surface area (Å²) in [4.78, 5) is 11.5. The molecule has 0 saturated heterocycles. The fraction of sp³-hybridized carbons (Fsp3) is 0.500. The summed E-state index contributed by atoms with van der Waals surface area (Å²) in [5.74, 6) is -2.69. The summed E-state index contributed by atoms with van der Waals surface area (Å²) >= 11 is 0. The van der Waals surface area contributed by atoms with Crippen molar-refractivity contribution in [2.75, 3.05) is 13.1 Å². The Bertz CT molecular complexity index is 394. The van der Waals surface area contributed by atoms with E-state index in [-0.39, 0.29) is 18.0 Å². The Balaban J connectivity index is 0.00000256. The van der Waals surface area contributed by atoms with Crippen LogP contribution in [0.2, 0.25) is 0 Å². The zero-order valence-electron chi connectivity index (χ0n) is 9.55. The van der Waals surface area contributed by atoms with Crippen LogP contribution in [-0.4, -0.2) is 24.9 Å². The lowest BCUT2D eigenvalue weighted by Gasteiger charge is -2.14. The molecule has 0 aliphatic rings. The third kappa shape index (κ3) is 4.32. The largest absolute Gasteiger partial charge is 0.466 e. The second-order valence-corrected chi connectivity index (χ2v) is 3.57. The average molecular weight is 269 g/mol. The molecular formula is C10H15ClF2N2O2. The lowest BCUT2D eigenvalue weighted by atomic mass is 10.2. The van der Waals surface area contributed by atoms with Crippen molar-refractivity contribution in [2.45, 2.75) is 19.8 Å². The van der Waals surface area contributed by atoms with Crippen LogP contribution in [0.3, 0.4) is 0 Å². The van der Waals surface area contributed by atoms with Crippen LogP contribution in [0.1, 0.15) is 21.9 Å². The molecule has 0 aromatic carbocycles. The molecule has 1 aromatic rings. The highest BCUT2D eigenvalue weighted by molar-refractivity contribution is 5.95. The van der Waals surface area contributed by atoms with Crippen LogP contribution in [0.15, 0.2) is 10.5 Å². The minimum atomic E-state index is -3.08. The van der Waals surface area contributed by atoms with Gasteiger partial charge in [0.15, 0.2) is 0 Å². The summed E-state index contributed by atoms with van der Waals surface area (Å²) in [6.07, 6.45) is 0. The topological polar surface area (TPSA) is 68.3 Å². The zero-order valence-corrected chi connectivity index (χ0v) is 10.4. The maximum absolute atomic E-state index is 12.8. The van der Waals surface area contributed by atoms with Gasteiger partial charge in [-0.25, -0.2) is 8.78 Å². The summed E-state index contributed by atoms with van der Waals surface area (Å²) in [7, 11) is 0. The van der Waals surface area contributed by atoms with Crippen LogP contribution in [0, 0.1) is 13.8 Å². The van der Waals surface area contributed by atoms with E-state index in [1.54, 1.807) is 13.8 Å². The van der Waals surface area contributed by atoms with Crippen LogP contribution < -0.4 is 11.1 Å². The van der Waals surface area contributed by atoms with Crippen molar-refractivity contribution in [1.82, 2.24) is 5.32 Å². The maximum atomic E-state index is 12.8. The molecule has 7 heteroatoms. The molecule has 0 spiro atoms. The molecule has 0 radical (unpaired) electrons. The Morgan fingerprint density at radius 1 is 1.53 bits per heavy atom. The predicted octanol–water partition coefficient (Wildman–Crippen LogP) is 1.64. The van der Waals surface area contributed by atoms with Gasteiger partial charge in [-0.3, -0.25) is 4.79 Å². The SMILES string of the molecule is Cc1cc(C(=O)NCC(F)(F)CN)c(C)o1.Cl. The number of hydrogen-bond donors (Lipinski definition) is 2. The van der Waals surface area contributed by atoms with E-state index >= 15 is 0 Å².